The van der Waals surface area contributed by atoms with E-state index in [0.29, 0.717) is 0 Å². The van der Waals surface area contributed by atoms with Crippen LogP contribution in [0, 0.1) is 5.41 Å². The summed E-state index contributed by atoms with van der Waals surface area (Å²) in [6, 6.07) is 0. The molecular weight excluding hydrogens is 214 g/mol. The minimum Gasteiger partial charge on any atom is -0.386 e. The SMILES string of the molecule is CCCn1nncc1C(O)C1(C)CCCCC1. The van der Waals surface area contributed by atoms with Gasteiger partial charge in [-0.2, -0.15) is 0 Å². The predicted octanol–water partition coefficient (Wildman–Crippen LogP) is 2.69. The van der Waals surface area contributed by atoms with Gasteiger partial charge in [-0.3, -0.25) is 0 Å². The molecule has 4 heteroatoms. The second-order valence-electron chi connectivity index (χ2n) is 5.50. The van der Waals surface area contributed by atoms with Crippen LogP contribution in [0.5, 0.6) is 0 Å². The van der Waals surface area contributed by atoms with E-state index in [4.69, 9.17) is 0 Å². The minimum absolute atomic E-state index is 0.00541. The Balaban J connectivity index is 2.17. The molecule has 0 bridgehead atoms. The third kappa shape index (κ3) is 2.51. The maximum Gasteiger partial charge on any atom is 0.103 e. The van der Waals surface area contributed by atoms with Crippen LogP contribution < -0.4 is 0 Å². The number of hydrogen-bond acceptors (Lipinski definition) is 3. The summed E-state index contributed by atoms with van der Waals surface area (Å²) in [6.07, 6.45) is 8.27. The fraction of sp³-hybridized carbons (Fsp3) is 0.846. The summed E-state index contributed by atoms with van der Waals surface area (Å²) in [5.41, 5.74) is 0.891. The molecule has 96 valence electrons. The summed E-state index contributed by atoms with van der Waals surface area (Å²) in [6.45, 7) is 5.14. The highest BCUT2D eigenvalue weighted by Crippen LogP contribution is 2.45. The Morgan fingerprint density at radius 3 is 2.76 bits per heavy atom. The smallest absolute Gasteiger partial charge is 0.103 e. The van der Waals surface area contributed by atoms with E-state index < -0.39 is 6.10 Å². The summed E-state index contributed by atoms with van der Waals surface area (Å²) in [5, 5.41) is 18.6. The maximum atomic E-state index is 10.6. The molecular formula is C13H23N3O. The molecule has 0 spiro atoms. The molecule has 1 aliphatic carbocycles. The Kier molecular flexibility index (Phi) is 3.82. The number of hydrogen-bond donors (Lipinski definition) is 1. The van der Waals surface area contributed by atoms with Crippen LogP contribution in [0.25, 0.3) is 0 Å². The molecule has 0 radical (unpaired) electrons. The first-order valence-electron chi connectivity index (χ1n) is 6.74. The zero-order chi connectivity index (χ0) is 12.3. The second-order valence-corrected chi connectivity index (χ2v) is 5.50. The lowest BCUT2D eigenvalue weighted by Crippen LogP contribution is -2.30. The van der Waals surface area contributed by atoms with Crippen molar-refractivity contribution in [3.8, 4) is 0 Å². The molecule has 1 aliphatic rings. The van der Waals surface area contributed by atoms with Crippen LogP contribution in [0.2, 0.25) is 0 Å². The first-order chi connectivity index (χ1) is 8.17. The molecule has 1 atom stereocenters. The van der Waals surface area contributed by atoms with Gasteiger partial charge in [0.1, 0.15) is 6.10 Å². The van der Waals surface area contributed by atoms with E-state index >= 15 is 0 Å². The molecule has 0 amide bonds. The predicted molar refractivity (Wildman–Crippen MR) is 66.5 cm³/mol. The van der Waals surface area contributed by atoms with Crippen molar-refractivity contribution < 1.29 is 5.11 Å². The Hall–Kier alpha value is -0.900. The zero-order valence-electron chi connectivity index (χ0n) is 10.9. The van der Waals surface area contributed by atoms with E-state index in [1.807, 2.05) is 4.68 Å². The van der Waals surface area contributed by atoms with Gasteiger partial charge in [-0.05, 0) is 24.7 Å². The van der Waals surface area contributed by atoms with Crippen LogP contribution in [0.1, 0.15) is 64.2 Å². The lowest BCUT2D eigenvalue weighted by atomic mass is 9.71. The second kappa shape index (κ2) is 5.17. The summed E-state index contributed by atoms with van der Waals surface area (Å²) in [7, 11) is 0. The van der Waals surface area contributed by atoms with Gasteiger partial charge in [-0.15, -0.1) is 5.10 Å². The van der Waals surface area contributed by atoms with Gasteiger partial charge < -0.3 is 5.11 Å². The number of aryl methyl sites for hydroxylation is 1. The van der Waals surface area contributed by atoms with Crippen LogP contribution >= 0.6 is 0 Å². The fourth-order valence-electron chi connectivity index (χ4n) is 2.85. The number of aliphatic hydroxyl groups excluding tert-OH is 1. The van der Waals surface area contributed by atoms with E-state index in [1.165, 1.54) is 19.3 Å². The van der Waals surface area contributed by atoms with Gasteiger partial charge in [0.25, 0.3) is 0 Å². The van der Waals surface area contributed by atoms with Crippen molar-refractivity contribution in [2.45, 2.75) is 65.0 Å². The zero-order valence-corrected chi connectivity index (χ0v) is 10.9. The summed E-state index contributed by atoms with van der Waals surface area (Å²) in [4.78, 5) is 0. The summed E-state index contributed by atoms with van der Waals surface area (Å²) in [5.74, 6) is 0. The fourth-order valence-corrected chi connectivity index (χ4v) is 2.85. The van der Waals surface area contributed by atoms with E-state index in [-0.39, 0.29) is 5.41 Å². The lowest BCUT2D eigenvalue weighted by Gasteiger charge is -2.37. The minimum atomic E-state index is -0.427. The molecule has 1 N–H and O–H groups in total. The largest absolute Gasteiger partial charge is 0.386 e. The van der Waals surface area contributed by atoms with Gasteiger partial charge in [0, 0.05) is 6.54 Å². The molecule has 1 aromatic heterocycles. The number of aromatic nitrogens is 3. The highest BCUT2D eigenvalue weighted by molar-refractivity contribution is 5.05. The van der Waals surface area contributed by atoms with Crippen LogP contribution in [0.15, 0.2) is 6.20 Å². The van der Waals surface area contributed by atoms with Gasteiger partial charge in [-0.1, -0.05) is 38.3 Å². The molecule has 0 saturated heterocycles. The van der Waals surface area contributed by atoms with Crippen LogP contribution in [0.4, 0.5) is 0 Å². The van der Waals surface area contributed by atoms with Crippen molar-refractivity contribution in [3.05, 3.63) is 11.9 Å². The molecule has 2 rings (SSSR count). The normalized spacial score (nSPS) is 21.4. The number of rotatable bonds is 4. The van der Waals surface area contributed by atoms with Crippen molar-refractivity contribution in [1.29, 1.82) is 0 Å². The molecule has 0 aromatic carbocycles. The van der Waals surface area contributed by atoms with Crippen molar-refractivity contribution in [3.63, 3.8) is 0 Å². The van der Waals surface area contributed by atoms with Crippen molar-refractivity contribution >= 4 is 0 Å². The van der Waals surface area contributed by atoms with Gasteiger partial charge in [0.15, 0.2) is 0 Å². The summed E-state index contributed by atoms with van der Waals surface area (Å²) >= 11 is 0. The van der Waals surface area contributed by atoms with E-state index in [1.54, 1.807) is 6.20 Å². The molecule has 1 aromatic rings. The summed E-state index contributed by atoms with van der Waals surface area (Å²) < 4.78 is 1.85. The maximum absolute atomic E-state index is 10.6. The van der Waals surface area contributed by atoms with Gasteiger partial charge >= 0.3 is 0 Å². The number of nitrogens with zero attached hydrogens (tertiary/aromatic N) is 3. The van der Waals surface area contributed by atoms with Gasteiger partial charge in [-0.25, -0.2) is 4.68 Å². The Morgan fingerprint density at radius 1 is 1.41 bits per heavy atom. The topological polar surface area (TPSA) is 50.9 Å². The van der Waals surface area contributed by atoms with E-state index in [2.05, 4.69) is 24.2 Å². The molecule has 4 nitrogen and oxygen atoms in total. The molecule has 1 heterocycles. The first kappa shape index (κ1) is 12.6. The van der Waals surface area contributed by atoms with Gasteiger partial charge in [0.05, 0.1) is 11.9 Å². The molecule has 1 fully saturated rings. The third-order valence-corrected chi connectivity index (χ3v) is 4.02. The Bertz CT molecular complexity index is 355. The van der Waals surface area contributed by atoms with E-state index in [0.717, 1.165) is 31.5 Å². The van der Waals surface area contributed by atoms with Gasteiger partial charge in [0.2, 0.25) is 0 Å². The molecule has 1 unspecified atom stereocenters. The standard InChI is InChI=1S/C13H23N3O/c1-3-9-16-11(10-14-15-16)12(17)13(2)7-5-4-6-8-13/h10,12,17H,3-9H2,1-2H3. The average Bonchev–Trinajstić information content (AvgIpc) is 2.78. The average molecular weight is 237 g/mol. The third-order valence-electron chi connectivity index (χ3n) is 4.02. The Labute approximate surface area is 103 Å². The molecule has 0 aliphatic heterocycles. The van der Waals surface area contributed by atoms with Crippen LogP contribution in [-0.4, -0.2) is 20.1 Å². The molecule has 1 saturated carbocycles. The van der Waals surface area contributed by atoms with E-state index in [9.17, 15) is 5.11 Å². The van der Waals surface area contributed by atoms with Crippen molar-refractivity contribution in [1.82, 2.24) is 15.0 Å². The van der Waals surface area contributed by atoms with Crippen molar-refractivity contribution in [2.75, 3.05) is 0 Å². The highest BCUT2D eigenvalue weighted by Gasteiger charge is 2.37. The monoisotopic (exact) mass is 237 g/mol. The van der Waals surface area contributed by atoms with Crippen molar-refractivity contribution in [2.24, 2.45) is 5.41 Å². The van der Waals surface area contributed by atoms with Crippen LogP contribution in [0.3, 0.4) is 0 Å². The molecule has 17 heavy (non-hydrogen) atoms. The Morgan fingerprint density at radius 2 is 2.12 bits per heavy atom. The lowest BCUT2D eigenvalue weighted by molar-refractivity contribution is 0.00208. The quantitative estimate of drug-likeness (QED) is 0.876. The number of aliphatic hydroxyl groups is 1. The highest BCUT2D eigenvalue weighted by atomic mass is 16.3. The van der Waals surface area contributed by atoms with Crippen LogP contribution in [-0.2, 0) is 6.54 Å². The first-order valence-corrected chi connectivity index (χ1v) is 6.74.